The van der Waals surface area contributed by atoms with Crippen LogP contribution in [0.1, 0.15) is 30.6 Å². The van der Waals surface area contributed by atoms with Crippen molar-refractivity contribution in [3.05, 3.63) is 64.2 Å². The van der Waals surface area contributed by atoms with E-state index in [1.54, 1.807) is 24.3 Å². The Labute approximate surface area is 171 Å². The Kier molecular flexibility index (Phi) is 6.16. The number of nitro benzene ring substituents is 1. The fourth-order valence-electron chi connectivity index (χ4n) is 2.61. The second-order valence-electron chi connectivity index (χ2n) is 6.90. The van der Waals surface area contributed by atoms with Gasteiger partial charge in [0.05, 0.1) is 4.92 Å². The highest BCUT2D eigenvalue weighted by atomic mass is 16.6. The molecule has 0 unspecified atom stereocenters. The lowest BCUT2D eigenvalue weighted by Crippen LogP contribution is -2.15. The van der Waals surface area contributed by atoms with Crippen LogP contribution in [-0.4, -0.2) is 26.9 Å². The van der Waals surface area contributed by atoms with Gasteiger partial charge in [-0.2, -0.15) is 0 Å². The SMILES string of the molecule is CC(C)CC(=O)Nc1cccc(C(=O)Nc2nnc(-c3ccc([N+](=O)[O-])cc3)o2)c1. The minimum Gasteiger partial charge on any atom is -0.403 e. The summed E-state index contributed by atoms with van der Waals surface area (Å²) >= 11 is 0. The van der Waals surface area contributed by atoms with Gasteiger partial charge in [0, 0.05) is 35.4 Å². The topological polar surface area (TPSA) is 140 Å². The number of rotatable bonds is 7. The van der Waals surface area contributed by atoms with Crippen LogP contribution in [0.5, 0.6) is 0 Å². The number of nitrogens with one attached hydrogen (secondary N) is 2. The average Bonchev–Trinajstić information content (AvgIpc) is 3.16. The van der Waals surface area contributed by atoms with Crippen LogP contribution in [0.15, 0.2) is 52.9 Å². The molecule has 2 aromatic carbocycles. The number of carbonyl (C=O) groups excluding carboxylic acids is 2. The quantitative estimate of drug-likeness (QED) is 0.445. The summed E-state index contributed by atoms with van der Waals surface area (Å²) in [6.45, 7) is 3.89. The number of hydrogen-bond donors (Lipinski definition) is 2. The molecule has 0 radical (unpaired) electrons. The third kappa shape index (κ3) is 5.25. The van der Waals surface area contributed by atoms with E-state index in [-0.39, 0.29) is 29.4 Å². The van der Waals surface area contributed by atoms with Crippen molar-refractivity contribution in [1.29, 1.82) is 0 Å². The van der Waals surface area contributed by atoms with Gasteiger partial charge in [0.25, 0.3) is 11.6 Å². The molecule has 3 aromatic rings. The second-order valence-corrected chi connectivity index (χ2v) is 6.90. The molecule has 1 aromatic heterocycles. The first-order valence-corrected chi connectivity index (χ1v) is 9.11. The molecule has 0 saturated heterocycles. The molecule has 0 aliphatic rings. The minimum atomic E-state index is -0.511. The lowest BCUT2D eigenvalue weighted by Gasteiger charge is -2.08. The number of carbonyl (C=O) groups is 2. The predicted molar refractivity (Wildman–Crippen MR) is 109 cm³/mol. The van der Waals surface area contributed by atoms with E-state index in [1.165, 1.54) is 24.3 Å². The Morgan fingerprint density at radius 2 is 1.83 bits per heavy atom. The molecule has 30 heavy (non-hydrogen) atoms. The van der Waals surface area contributed by atoms with Crippen molar-refractivity contribution in [2.45, 2.75) is 20.3 Å². The molecule has 0 atom stereocenters. The molecule has 0 saturated carbocycles. The molecule has 0 bridgehead atoms. The largest absolute Gasteiger partial charge is 0.403 e. The maximum Gasteiger partial charge on any atom is 0.322 e. The molecule has 10 nitrogen and oxygen atoms in total. The van der Waals surface area contributed by atoms with Crippen LogP contribution < -0.4 is 10.6 Å². The zero-order valence-corrected chi connectivity index (χ0v) is 16.3. The van der Waals surface area contributed by atoms with Gasteiger partial charge in [0.15, 0.2) is 0 Å². The zero-order chi connectivity index (χ0) is 21.7. The smallest absolute Gasteiger partial charge is 0.322 e. The highest BCUT2D eigenvalue weighted by Gasteiger charge is 2.15. The van der Waals surface area contributed by atoms with Crippen molar-refractivity contribution in [2.24, 2.45) is 5.92 Å². The fraction of sp³-hybridized carbons (Fsp3) is 0.200. The van der Waals surface area contributed by atoms with E-state index in [1.807, 2.05) is 13.8 Å². The van der Waals surface area contributed by atoms with E-state index in [0.29, 0.717) is 23.2 Å². The lowest BCUT2D eigenvalue weighted by atomic mass is 10.1. The van der Waals surface area contributed by atoms with Crippen molar-refractivity contribution in [3.8, 4) is 11.5 Å². The Bertz CT molecular complexity index is 1080. The molecule has 10 heteroatoms. The van der Waals surface area contributed by atoms with Gasteiger partial charge >= 0.3 is 6.01 Å². The van der Waals surface area contributed by atoms with Crippen LogP contribution in [0.25, 0.3) is 11.5 Å². The lowest BCUT2D eigenvalue weighted by molar-refractivity contribution is -0.384. The standard InChI is InChI=1S/C20H19N5O5/c1-12(2)10-17(26)21-15-5-3-4-14(11-15)18(27)22-20-24-23-19(30-20)13-6-8-16(9-7-13)25(28)29/h3-9,11-12H,10H2,1-2H3,(H,21,26)(H,22,24,27). The van der Waals surface area contributed by atoms with Gasteiger partial charge in [-0.15, -0.1) is 5.10 Å². The molecule has 0 fully saturated rings. The summed E-state index contributed by atoms with van der Waals surface area (Å²) < 4.78 is 5.41. The van der Waals surface area contributed by atoms with Gasteiger partial charge in [-0.05, 0) is 36.2 Å². The summed E-state index contributed by atoms with van der Waals surface area (Å²) in [6.07, 6.45) is 0.379. The Balaban J connectivity index is 1.67. The van der Waals surface area contributed by atoms with Gasteiger partial charge in [0.1, 0.15) is 0 Å². The summed E-state index contributed by atoms with van der Waals surface area (Å²) in [5.74, 6) is -0.296. The van der Waals surface area contributed by atoms with Crippen LogP contribution in [-0.2, 0) is 4.79 Å². The van der Waals surface area contributed by atoms with E-state index >= 15 is 0 Å². The first-order chi connectivity index (χ1) is 14.3. The Morgan fingerprint density at radius 3 is 2.50 bits per heavy atom. The van der Waals surface area contributed by atoms with Gasteiger partial charge in [-0.1, -0.05) is 25.0 Å². The van der Waals surface area contributed by atoms with E-state index < -0.39 is 10.8 Å². The second kappa shape index (κ2) is 8.95. The maximum atomic E-state index is 12.5. The molecule has 3 rings (SSSR count). The monoisotopic (exact) mass is 409 g/mol. The summed E-state index contributed by atoms with van der Waals surface area (Å²) in [5, 5.41) is 23.6. The number of non-ortho nitro benzene ring substituents is 1. The van der Waals surface area contributed by atoms with Gasteiger partial charge in [-0.25, -0.2) is 0 Å². The highest BCUT2D eigenvalue weighted by Crippen LogP contribution is 2.23. The third-order valence-corrected chi connectivity index (χ3v) is 3.97. The summed E-state index contributed by atoms with van der Waals surface area (Å²) in [7, 11) is 0. The van der Waals surface area contributed by atoms with Crippen molar-refractivity contribution < 1.29 is 18.9 Å². The number of hydrogen-bond acceptors (Lipinski definition) is 7. The van der Waals surface area contributed by atoms with E-state index in [2.05, 4.69) is 20.8 Å². The first-order valence-electron chi connectivity index (χ1n) is 9.11. The Morgan fingerprint density at radius 1 is 1.10 bits per heavy atom. The van der Waals surface area contributed by atoms with E-state index in [0.717, 1.165) is 0 Å². The third-order valence-electron chi connectivity index (χ3n) is 3.97. The number of nitrogens with zero attached hydrogens (tertiary/aromatic N) is 3. The maximum absolute atomic E-state index is 12.5. The van der Waals surface area contributed by atoms with Crippen LogP contribution in [0.2, 0.25) is 0 Å². The molecule has 154 valence electrons. The van der Waals surface area contributed by atoms with Gasteiger partial charge in [-0.3, -0.25) is 25.0 Å². The van der Waals surface area contributed by atoms with E-state index in [4.69, 9.17) is 4.42 Å². The van der Waals surface area contributed by atoms with Crippen molar-refractivity contribution in [2.75, 3.05) is 10.6 Å². The molecule has 1 heterocycles. The van der Waals surface area contributed by atoms with Crippen LogP contribution in [0.4, 0.5) is 17.4 Å². The number of aromatic nitrogens is 2. The highest BCUT2D eigenvalue weighted by molar-refractivity contribution is 6.04. The predicted octanol–water partition coefficient (Wildman–Crippen LogP) is 3.88. The normalized spacial score (nSPS) is 10.6. The fourth-order valence-corrected chi connectivity index (χ4v) is 2.61. The number of amides is 2. The molecule has 0 aliphatic carbocycles. The number of benzene rings is 2. The molecule has 2 amide bonds. The molecule has 0 aliphatic heterocycles. The summed E-state index contributed by atoms with van der Waals surface area (Å²) in [5.41, 5.74) is 1.22. The van der Waals surface area contributed by atoms with Gasteiger partial charge in [0.2, 0.25) is 11.8 Å². The number of nitro groups is 1. The zero-order valence-electron chi connectivity index (χ0n) is 16.3. The van der Waals surface area contributed by atoms with Crippen LogP contribution in [0.3, 0.4) is 0 Å². The molecular weight excluding hydrogens is 390 g/mol. The van der Waals surface area contributed by atoms with Crippen molar-refractivity contribution >= 4 is 29.2 Å². The van der Waals surface area contributed by atoms with Crippen LogP contribution in [0, 0.1) is 16.0 Å². The molecule has 2 N–H and O–H groups in total. The van der Waals surface area contributed by atoms with E-state index in [9.17, 15) is 19.7 Å². The molecular formula is C20H19N5O5. The summed E-state index contributed by atoms with van der Waals surface area (Å²) in [6, 6.07) is 11.9. The average molecular weight is 409 g/mol. The first kappa shape index (κ1) is 20.6. The van der Waals surface area contributed by atoms with Crippen molar-refractivity contribution in [3.63, 3.8) is 0 Å². The summed E-state index contributed by atoms with van der Waals surface area (Å²) in [4.78, 5) is 34.6. The number of anilines is 2. The van der Waals surface area contributed by atoms with Gasteiger partial charge < -0.3 is 9.73 Å². The van der Waals surface area contributed by atoms with Crippen molar-refractivity contribution in [1.82, 2.24) is 10.2 Å². The minimum absolute atomic E-state index is 0.0628. The molecule has 0 spiro atoms. The van der Waals surface area contributed by atoms with Crippen LogP contribution >= 0.6 is 0 Å². The Hall–Kier alpha value is -4.08.